The number of aryl methyl sites for hydroxylation is 1. The number of carbonyl (C=O) groups excluding carboxylic acids is 1. The largest absolute Gasteiger partial charge is 0.352 e. The first-order chi connectivity index (χ1) is 14.8. The fraction of sp³-hybridized carbons (Fsp3) is 0.360. The standard InChI is InChI=1S/C25H30N4O/c30-25(24-12-10-23(11-13-24)22-8-2-1-3-9-22)26-19-21-7-4-15-28(20-21)16-6-18-29-17-5-14-27-29/h1-3,5,8-14,17,21H,4,6-7,15-16,18-20H2,(H,26,30)/t21-/m0/s1. The number of nitrogens with zero attached hydrogens (tertiary/aromatic N) is 3. The molecule has 0 bridgehead atoms. The maximum absolute atomic E-state index is 12.6. The molecular weight excluding hydrogens is 372 g/mol. The number of piperidine rings is 1. The summed E-state index contributed by atoms with van der Waals surface area (Å²) < 4.78 is 1.99. The van der Waals surface area contributed by atoms with E-state index in [-0.39, 0.29) is 5.91 Å². The summed E-state index contributed by atoms with van der Waals surface area (Å²) in [6, 6.07) is 20.1. The van der Waals surface area contributed by atoms with Crippen LogP contribution in [0.5, 0.6) is 0 Å². The number of carbonyl (C=O) groups is 1. The molecule has 1 N–H and O–H groups in total. The van der Waals surface area contributed by atoms with Gasteiger partial charge in [0.1, 0.15) is 0 Å². The van der Waals surface area contributed by atoms with Crippen LogP contribution in [0.15, 0.2) is 73.1 Å². The van der Waals surface area contributed by atoms with E-state index in [1.165, 1.54) is 18.4 Å². The number of hydrogen-bond donors (Lipinski definition) is 1. The first-order valence-corrected chi connectivity index (χ1v) is 10.9. The highest BCUT2D eigenvalue weighted by molar-refractivity contribution is 5.94. The highest BCUT2D eigenvalue weighted by Gasteiger charge is 2.20. The number of benzene rings is 2. The van der Waals surface area contributed by atoms with Crippen LogP contribution in [-0.4, -0.2) is 46.8 Å². The van der Waals surface area contributed by atoms with E-state index in [4.69, 9.17) is 0 Å². The van der Waals surface area contributed by atoms with E-state index in [0.29, 0.717) is 5.92 Å². The topological polar surface area (TPSA) is 50.2 Å². The van der Waals surface area contributed by atoms with Gasteiger partial charge in [0.05, 0.1) is 0 Å². The van der Waals surface area contributed by atoms with Crippen molar-refractivity contribution >= 4 is 5.91 Å². The molecule has 0 unspecified atom stereocenters. The molecule has 3 aromatic rings. The first kappa shape index (κ1) is 20.4. The lowest BCUT2D eigenvalue weighted by Crippen LogP contribution is -2.41. The molecule has 1 saturated heterocycles. The monoisotopic (exact) mass is 402 g/mol. The Morgan fingerprint density at radius 1 is 1.00 bits per heavy atom. The van der Waals surface area contributed by atoms with E-state index in [1.807, 2.05) is 65.6 Å². The molecule has 1 aliphatic heterocycles. The Kier molecular flexibility index (Phi) is 6.93. The second kappa shape index (κ2) is 10.2. The third kappa shape index (κ3) is 5.57. The summed E-state index contributed by atoms with van der Waals surface area (Å²) in [6.45, 7) is 5.01. The molecule has 0 spiro atoms. The van der Waals surface area contributed by atoms with Crippen LogP contribution < -0.4 is 5.32 Å². The summed E-state index contributed by atoms with van der Waals surface area (Å²) >= 11 is 0. The van der Waals surface area contributed by atoms with Crippen molar-refractivity contribution in [3.05, 3.63) is 78.6 Å². The van der Waals surface area contributed by atoms with Crippen molar-refractivity contribution in [3.8, 4) is 11.1 Å². The zero-order valence-corrected chi connectivity index (χ0v) is 17.4. The van der Waals surface area contributed by atoms with Gasteiger partial charge in [-0.3, -0.25) is 9.48 Å². The molecule has 1 atom stereocenters. The van der Waals surface area contributed by atoms with Crippen molar-refractivity contribution in [1.82, 2.24) is 20.0 Å². The van der Waals surface area contributed by atoms with E-state index in [9.17, 15) is 4.79 Å². The SMILES string of the molecule is O=C(NC[C@@H]1CCCN(CCCn2cccn2)C1)c1ccc(-c2ccccc2)cc1. The smallest absolute Gasteiger partial charge is 0.251 e. The minimum atomic E-state index is 0.0189. The van der Waals surface area contributed by atoms with E-state index >= 15 is 0 Å². The Balaban J connectivity index is 1.22. The molecule has 0 radical (unpaired) electrons. The minimum Gasteiger partial charge on any atom is -0.352 e. The molecule has 0 saturated carbocycles. The quantitative estimate of drug-likeness (QED) is 0.618. The number of aromatic nitrogens is 2. The maximum Gasteiger partial charge on any atom is 0.251 e. The molecule has 1 fully saturated rings. The molecule has 1 aromatic heterocycles. The zero-order chi connectivity index (χ0) is 20.6. The van der Waals surface area contributed by atoms with Crippen LogP contribution in [0.2, 0.25) is 0 Å². The molecule has 156 valence electrons. The van der Waals surface area contributed by atoms with Gasteiger partial charge in [-0.05, 0) is 67.6 Å². The Morgan fingerprint density at radius 3 is 2.57 bits per heavy atom. The van der Waals surface area contributed by atoms with Gasteiger partial charge >= 0.3 is 0 Å². The van der Waals surface area contributed by atoms with Crippen molar-refractivity contribution in [2.45, 2.75) is 25.8 Å². The maximum atomic E-state index is 12.6. The van der Waals surface area contributed by atoms with Gasteiger partial charge in [0.2, 0.25) is 0 Å². The summed E-state index contributed by atoms with van der Waals surface area (Å²) in [5, 5.41) is 7.41. The normalized spacial score (nSPS) is 17.0. The highest BCUT2D eigenvalue weighted by atomic mass is 16.1. The number of amides is 1. The summed E-state index contributed by atoms with van der Waals surface area (Å²) in [5.74, 6) is 0.543. The molecule has 2 heterocycles. The van der Waals surface area contributed by atoms with Crippen molar-refractivity contribution in [2.24, 2.45) is 5.92 Å². The van der Waals surface area contributed by atoms with Gasteiger partial charge in [-0.25, -0.2) is 0 Å². The van der Waals surface area contributed by atoms with E-state index in [0.717, 1.165) is 50.3 Å². The average molecular weight is 403 g/mol. The van der Waals surface area contributed by atoms with Crippen LogP contribution in [0.3, 0.4) is 0 Å². The molecular formula is C25H30N4O. The summed E-state index contributed by atoms with van der Waals surface area (Å²) in [6.07, 6.45) is 7.33. The van der Waals surface area contributed by atoms with Crippen LogP contribution in [0.25, 0.3) is 11.1 Å². The number of hydrogen-bond acceptors (Lipinski definition) is 3. The van der Waals surface area contributed by atoms with E-state index in [1.54, 1.807) is 0 Å². The number of likely N-dealkylation sites (tertiary alicyclic amines) is 1. The molecule has 2 aromatic carbocycles. The van der Waals surface area contributed by atoms with Gasteiger partial charge in [0.15, 0.2) is 0 Å². The average Bonchev–Trinajstić information content (AvgIpc) is 3.32. The molecule has 30 heavy (non-hydrogen) atoms. The lowest BCUT2D eigenvalue weighted by molar-refractivity contribution is 0.0932. The van der Waals surface area contributed by atoms with Crippen LogP contribution in [-0.2, 0) is 6.54 Å². The predicted octanol–water partition coefficient (Wildman–Crippen LogP) is 4.08. The van der Waals surface area contributed by atoms with Gasteiger partial charge in [-0.15, -0.1) is 0 Å². The molecule has 1 aliphatic rings. The lowest BCUT2D eigenvalue weighted by Gasteiger charge is -2.32. The van der Waals surface area contributed by atoms with E-state index in [2.05, 4.69) is 27.4 Å². The first-order valence-electron chi connectivity index (χ1n) is 10.9. The summed E-state index contributed by atoms with van der Waals surface area (Å²) in [7, 11) is 0. The minimum absolute atomic E-state index is 0.0189. The second-order valence-corrected chi connectivity index (χ2v) is 8.08. The fourth-order valence-corrected chi connectivity index (χ4v) is 4.19. The zero-order valence-electron chi connectivity index (χ0n) is 17.4. The third-order valence-electron chi connectivity index (χ3n) is 5.83. The van der Waals surface area contributed by atoms with Gasteiger partial charge in [-0.1, -0.05) is 42.5 Å². The van der Waals surface area contributed by atoms with Crippen molar-refractivity contribution in [2.75, 3.05) is 26.2 Å². The Hall–Kier alpha value is -2.92. The summed E-state index contributed by atoms with van der Waals surface area (Å²) in [4.78, 5) is 15.1. The Bertz CT molecular complexity index is 906. The highest BCUT2D eigenvalue weighted by Crippen LogP contribution is 2.20. The third-order valence-corrected chi connectivity index (χ3v) is 5.83. The molecule has 5 nitrogen and oxygen atoms in total. The van der Waals surface area contributed by atoms with Crippen LogP contribution >= 0.6 is 0 Å². The Labute approximate surface area is 178 Å². The van der Waals surface area contributed by atoms with Gasteiger partial charge < -0.3 is 10.2 Å². The van der Waals surface area contributed by atoms with E-state index < -0.39 is 0 Å². The van der Waals surface area contributed by atoms with Gasteiger partial charge in [-0.2, -0.15) is 5.10 Å². The van der Waals surface area contributed by atoms with Crippen LogP contribution in [0, 0.1) is 5.92 Å². The fourth-order valence-electron chi connectivity index (χ4n) is 4.19. The van der Waals surface area contributed by atoms with Crippen molar-refractivity contribution < 1.29 is 4.79 Å². The van der Waals surface area contributed by atoms with Gasteiger partial charge in [0, 0.05) is 37.6 Å². The molecule has 5 heteroatoms. The van der Waals surface area contributed by atoms with Gasteiger partial charge in [0.25, 0.3) is 5.91 Å². The predicted molar refractivity (Wildman–Crippen MR) is 120 cm³/mol. The molecule has 4 rings (SSSR count). The number of nitrogens with one attached hydrogen (secondary N) is 1. The molecule has 1 amide bonds. The Morgan fingerprint density at radius 2 is 1.80 bits per heavy atom. The van der Waals surface area contributed by atoms with Crippen molar-refractivity contribution in [1.29, 1.82) is 0 Å². The number of rotatable bonds is 8. The second-order valence-electron chi connectivity index (χ2n) is 8.08. The lowest BCUT2D eigenvalue weighted by atomic mass is 9.97. The molecule has 0 aliphatic carbocycles. The van der Waals surface area contributed by atoms with Crippen molar-refractivity contribution in [3.63, 3.8) is 0 Å². The van der Waals surface area contributed by atoms with Crippen LogP contribution in [0.4, 0.5) is 0 Å². The van der Waals surface area contributed by atoms with Crippen LogP contribution in [0.1, 0.15) is 29.6 Å². The summed E-state index contributed by atoms with van der Waals surface area (Å²) in [5.41, 5.74) is 3.02.